The molecule has 5 heteroatoms. The quantitative estimate of drug-likeness (QED) is 0.740. The zero-order chi connectivity index (χ0) is 12.2. The second kappa shape index (κ2) is 5.55. The standard InChI is InChI=1S/C11H12ClF3O/c1-8-2-4-9(5-3-8)10(12)6-16-7-11(13,14)15/h2-5,10H,6-7H2,1H3. The Morgan fingerprint density at radius 1 is 1.25 bits per heavy atom. The van der Waals surface area contributed by atoms with Gasteiger partial charge >= 0.3 is 6.18 Å². The zero-order valence-corrected chi connectivity index (χ0v) is 9.48. The van der Waals surface area contributed by atoms with E-state index < -0.39 is 18.2 Å². The molecule has 1 aromatic carbocycles. The summed E-state index contributed by atoms with van der Waals surface area (Å²) in [6.45, 7) is 0.513. The van der Waals surface area contributed by atoms with E-state index in [1.807, 2.05) is 19.1 Å². The maximum absolute atomic E-state index is 11.8. The number of alkyl halides is 4. The Labute approximate surface area is 97.2 Å². The molecule has 0 N–H and O–H groups in total. The van der Waals surface area contributed by atoms with Gasteiger partial charge in [0, 0.05) is 0 Å². The van der Waals surface area contributed by atoms with E-state index in [9.17, 15) is 13.2 Å². The van der Waals surface area contributed by atoms with Crippen LogP contribution < -0.4 is 0 Å². The molecule has 0 aliphatic heterocycles. The van der Waals surface area contributed by atoms with Crippen LogP contribution in [0.15, 0.2) is 24.3 Å². The summed E-state index contributed by atoms with van der Waals surface area (Å²) in [5, 5.41) is -0.553. The van der Waals surface area contributed by atoms with E-state index in [0.717, 1.165) is 11.1 Å². The molecule has 0 saturated carbocycles. The molecule has 16 heavy (non-hydrogen) atoms. The van der Waals surface area contributed by atoms with Crippen molar-refractivity contribution in [3.8, 4) is 0 Å². The molecule has 0 bridgehead atoms. The van der Waals surface area contributed by atoms with Crippen molar-refractivity contribution in [2.24, 2.45) is 0 Å². The third-order valence-corrected chi connectivity index (χ3v) is 2.35. The third-order valence-electron chi connectivity index (χ3n) is 1.97. The Balaban J connectivity index is 2.41. The highest BCUT2D eigenvalue weighted by molar-refractivity contribution is 6.20. The first kappa shape index (κ1) is 13.3. The molecule has 0 aliphatic rings. The van der Waals surface area contributed by atoms with Gasteiger partial charge in [0.15, 0.2) is 0 Å². The smallest absolute Gasteiger partial charge is 0.370 e. The van der Waals surface area contributed by atoms with Crippen molar-refractivity contribution in [1.82, 2.24) is 0 Å². The van der Waals surface area contributed by atoms with Gasteiger partial charge in [0.05, 0.1) is 12.0 Å². The molecule has 0 radical (unpaired) electrons. The largest absolute Gasteiger partial charge is 0.411 e. The molecule has 0 aromatic heterocycles. The van der Waals surface area contributed by atoms with Gasteiger partial charge in [-0.15, -0.1) is 11.6 Å². The third kappa shape index (κ3) is 4.86. The minimum atomic E-state index is -4.30. The van der Waals surface area contributed by atoms with Crippen molar-refractivity contribution < 1.29 is 17.9 Å². The molecule has 0 aliphatic carbocycles. The molecule has 1 aromatic rings. The van der Waals surface area contributed by atoms with Crippen molar-refractivity contribution in [1.29, 1.82) is 0 Å². The number of hydrogen-bond acceptors (Lipinski definition) is 1. The molecule has 0 amide bonds. The van der Waals surface area contributed by atoms with Gasteiger partial charge in [-0.1, -0.05) is 29.8 Å². The molecule has 1 atom stereocenters. The molecule has 1 rings (SSSR count). The topological polar surface area (TPSA) is 9.23 Å². The first-order chi connectivity index (χ1) is 7.38. The number of benzene rings is 1. The van der Waals surface area contributed by atoms with Crippen LogP contribution in [0.5, 0.6) is 0 Å². The van der Waals surface area contributed by atoms with Crippen LogP contribution in [0.3, 0.4) is 0 Å². The summed E-state index contributed by atoms with van der Waals surface area (Å²) >= 11 is 5.90. The Morgan fingerprint density at radius 2 is 1.81 bits per heavy atom. The summed E-state index contributed by atoms with van der Waals surface area (Å²) in [7, 11) is 0. The SMILES string of the molecule is Cc1ccc(C(Cl)COCC(F)(F)F)cc1. The van der Waals surface area contributed by atoms with Crippen LogP contribution in [0.4, 0.5) is 13.2 Å². The summed E-state index contributed by atoms with van der Waals surface area (Å²) in [5.41, 5.74) is 1.83. The van der Waals surface area contributed by atoms with Crippen molar-refractivity contribution in [2.75, 3.05) is 13.2 Å². The van der Waals surface area contributed by atoms with Gasteiger partial charge in [-0.05, 0) is 12.5 Å². The van der Waals surface area contributed by atoms with Gasteiger partial charge in [0.2, 0.25) is 0 Å². The maximum atomic E-state index is 11.8. The van der Waals surface area contributed by atoms with E-state index in [0.29, 0.717) is 0 Å². The molecule has 0 spiro atoms. The van der Waals surface area contributed by atoms with Gasteiger partial charge in [0.25, 0.3) is 0 Å². The van der Waals surface area contributed by atoms with Crippen LogP contribution in [-0.2, 0) is 4.74 Å². The van der Waals surface area contributed by atoms with Crippen molar-refractivity contribution >= 4 is 11.6 Å². The zero-order valence-electron chi connectivity index (χ0n) is 8.72. The van der Waals surface area contributed by atoms with Gasteiger partial charge in [-0.3, -0.25) is 0 Å². The highest BCUT2D eigenvalue weighted by Gasteiger charge is 2.27. The lowest BCUT2D eigenvalue weighted by Gasteiger charge is -2.12. The monoisotopic (exact) mass is 252 g/mol. The maximum Gasteiger partial charge on any atom is 0.411 e. The lowest BCUT2D eigenvalue weighted by Crippen LogP contribution is -2.18. The number of rotatable bonds is 4. The lowest BCUT2D eigenvalue weighted by molar-refractivity contribution is -0.173. The van der Waals surface area contributed by atoms with Crippen LogP contribution in [0, 0.1) is 6.92 Å². The van der Waals surface area contributed by atoms with Crippen LogP contribution in [0.25, 0.3) is 0 Å². The van der Waals surface area contributed by atoms with Crippen molar-refractivity contribution in [2.45, 2.75) is 18.5 Å². The second-order valence-electron chi connectivity index (χ2n) is 3.51. The normalized spacial score (nSPS) is 13.8. The molecular weight excluding hydrogens is 241 g/mol. The Hall–Kier alpha value is -0.740. The van der Waals surface area contributed by atoms with Crippen LogP contribution >= 0.6 is 11.6 Å². The second-order valence-corrected chi connectivity index (χ2v) is 4.04. The van der Waals surface area contributed by atoms with Crippen molar-refractivity contribution in [3.05, 3.63) is 35.4 Å². The van der Waals surface area contributed by atoms with Gasteiger partial charge in [0.1, 0.15) is 6.61 Å². The predicted octanol–water partition coefficient (Wildman–Crippen LogP) is 3.85. The minimum absolute atomic E-state index is 0.149. The Kier molecular flexibility index (Phi) is 4.62. The van der Waals surface area contributed by atoms with E-state index >= 15 is 0 Å². The van der Waals surface area contributed by atoms with E-state index in [1.165, 1.54) is 0 Å². The lowest BCUT2D eigenvalue weighted by atomic mass is 10.1. The summed E-state index contributed by atoms with van der Waals surface area (Å²) in [5.74, 6) is 0. The number of ether oxygens (including phenoxy) is 1. The van der Waals surface area contributed by atoms with Crippen LogP contribution in [0.2, 0.25) is 0 Å². The van der Waals surface area contributed by atoms with Gasteiger partial charge in [-0.2, -0.15) is 13.2 Å². The minimum Gasteiger partial charge on any atom is -0.370 e. The molecular formula is C11H12ClF3O. The fourth-order valence-corrected chi connectivity index (χ4v) is 1.38. The number of hydrogen-bond donors (Lipinski definition) is 0. The molecule has 0 fully saturated rings. The first-order valence-corrected chi connectivity index (χ1v) is 5.17. The summed E-state index contributed by atoms with van der Waals surface area (Å²) in [6.07, 6.45) is -4.30. The molecule has 90 valence electrons. The average molecular weight is 253 g/mol. The Bertz CT molecular complexity index is 321. The predicted molar refractivity (Wildman–Crippen MR) is 56.6 cm³/mol. The summed E-state index contributed by atoms with van der Waals surface area (Å²) in [6, 6.07) is 7.27. The highest BCUT2D eigenvalue weighted by Crippen LogP contribution is 2.22. The van der Waals surface area contributed by atoms with E-state index in [1.54, 1.807) is 12.1 Å². The summed E-state index contributed by atoms with van der Waals surface area (Å²) in [4.78, 5) is 0. The van der Waals surface area contributed by atoms with Crippen molar-refractivity contribution in [3.63, 3.8) is 0 Å². The number of aryl methyl sites for hydroxylation is 1. The van der Waals surface area contributed by atoms with Gasteiger partial charge < -0.3 is 4.74 Å². The van der Waals surface area contributed by atoms with E-state index in [4.69, 9.17) is 11.6 Å². The fraction of sp³-hybridized carbons (Fsp3) is 0.455. The van der Waals surface area contributed by atoms with Crippen LogP contribution in [-0.4, -0.2) is 19.4 Å². The molecule has 1 unspecified atom stereocenters. The molecule has 1 nitrogen and oxygen atoms in total. The fourth-order valence-electron chi connectivity index (χ4n) is 1.15. The highest BCUT2D eigenvalue weighted by atomic mass is 35.5. The van der Waals surface area contributed by atoms with Crippen LogP contribution in [0.1, 0.15) is 16.5 Å². The van der Waals surface area contributed by atoms with Gasteiger partial charge in [-0.25, -0.2) is 0 Å². The van der Waals surface area contributed by atoms with E-state index in [2.05, 4.69) is 4.74 Å². The van der Waals surface area contributed by atoms with E-state index in [-0.39, 0.29) is 6.61 Å². The first-order valence-electron chi connectivity index (χ1n) is 4.73. The molecule has 0 heterocycles. The Morgan fingerprint density at radius 3 is 2.31 bits per heavy atom. The average Bonchev–Trinajstić information content (AvgIpc) is 2.16. The molecule has 0 saturated heterocycles. The number of halogens is 4. The summed E-state index contributed by atoms with van der Waals surface area (Å²) < 4.78 is 39.9.